The van der Waals surface area contributed by atoms with Crippen molar-refractivity contribution in [2.75, 3.05) is 6.54 Å². The number of aryl methyl sites for hydroxylation is 1. The predicted molar refractivity (Wildman–Crippen MR) is 99.3 cm³/mol. The number of nitrogens with zero attached hydrogens (tertiary/aromatic N) is 1. The Balaban J connectivity index is 1.86. The number of hydrogen-bond donors (Lipinski definition) is 2. The predicted octanol–water partition coefficient (Wildman–Crippen LogP) is 3.00. The molecule has 2 amide bonds. The molecule has 24 heavy (non-hydrogen) atoms. The van der Waals surface area contributed by atoms with Crippen molar-refractivity contribution in [2.24, 2.45) is 5.92 Å². The van der Waals surface area contributed by atoms with Gasteiger partial charge in [-0.1, -0.05) is 13.8 Å². The molecule has 130 valence electrons. The highest BCUT2D eigenvalue weighted by atomic mass is 32.1. The fraction of sp³-hybridized carbons (Fsp3) is 0.471. The first-order chi connectivity index (χ1) is 11.4. The van der Waals surface area contributed by atoms with E-state index in [1.54, 1.807) is 22.7 Å². The maximum absolute atomic E-state index is 12.2. The van der Waals surface area contributed by atoms with Crippen LogP contribution in [0.25, 0.3) is 10.6 Å². The third kappa shape index (κ3) is 5.14. The lowest BCUT2D eigenvalue weighted by Gasteiger charge is -2.20. The van der Waals surface area contributed by atoms with Gasteiger partial charge >= 0.3 is 0 Å². The minimum absolute atomic E-state index is 0.0511. The smallest absolute Gasteiger partial charge is 0.242 e. The number of nitrogens with one attached hydrogen (secondary N) is 2. The first kappa shape index (κ1) is 18.6. The van der Waals surface area contributed by atoms with Gasteiger partial charge in [-0.15, -0.1) is 22.7 Å². The standard InChI is InChI=1S/C17H23N3O2S2/c1-10(2)16(19-11(3)21)17(22)18-8-7-13-5-6-15(24-13)14-9-23-12(4)20-14/h5-6,9-10,16H,7-8H2,1-4H3,(H,18,22)(H,19,21). The first-order valence-electron chi connectivity index (χ1n) is 7.93. The Hall–Kier alpha value is -1.73. The molecule has 0 saturated heterocycles. The van der Waals surface area contributed by atoms with E-state index in [2.05, 4.69) is 33.1 Å². The lowest BCUT2D eigenvalue weighted by atomic mass is 10.0. The lowest BCUT2D eigenvalue weighted by molar-refractivity contribution is -0.129. The average molecular weight is 366 g/mol. The van der Waals surface area contributed by atoms with E-state index in [-0.39, 0.29) is 17.7 Å². The Morgan fingerprint density at radius 3 is 2.62 bits per heavy atom. The third-order valence-electron chi connectivity index (χ3n) is 3.51. The molecule has 0 aliphatic carbocycles. The normalized spacial score (nSPS) is 12.2. The van der Waals surface area contributed by atoms with Crippen LogP contribution in [0, 0.1) is 12.8 Å². The second-order valence-corrected chi connectivity index (χ2v) is 8.21. The third-order valence-corrected chi connectivity index (χ3v) is 5.45. The summed E-state index contributed by atoms with van der Waals surface area (Å²) in [5.74, 6) is -0.271. The lowest BCUT2D eigenvalue weighted by Crippen LogP contribution is -2.49. The highest BCUT2D eigenvalue weighted by molar-refractivity contribution is 7.16. The number of amides is 2. The zero-order valence-electron chi connectivity index (χ0n) is 14.4. The van der Waals surface area contributed by atoms with Crippen molar-refractivity contribution in [2.45, 2.75) is 40.2 Å². The van der Waals surface area contributed by atoms with Crippen LogP contribution >= 0.6 is 22.7 Å². The van der Waals surface area contributed by atoms with Crippen LogP contribution in [0.4, 0.5) is 0 Å². The molecule has 0 saturated carbocycles. The fourth-order valence-corrected chi connectivity index (χ4v) is 3.95. The zero-order chi connectivity index (χ0) is 17.7. The van der Waals surface area contributed by atoms with Crippen molar-refractivity contribution in [3.05, 3.63) is 27.4 Å². The van der Waals surface area contributed by atoms with Gasteiger partial charge in [0.25, 0.3) is 0 Å². The average Bonchev–Trinajstić information content (AvgIpc) is 3.13. The minimum atomic E-state index is -0.487. The molecule has 2 heterocycles. The molecule has 0 bridgehead atoms. The van der Waals surface area contributed by atoms with Crippen molar-refractivity contribution in [1.82, 2.24) is 15.6 Å². The topological polar surface area (TPSA) is 71.1 Å². The van der Waals surface area contributed by atoms with E-state index in [0.29, 0.717) is 6.54 Å². The molecule has 0 radical (unpaired) electrons. The van der Waals surface area contributed by atoms with Gasteiger partial charge in [-0.2, -0.15) is 0 Å². The summed E-state index contributed by atoms with van der Waals surface area (Å²) < 4.78 is 0. The van der Waals surface area contributed by atoms with E-state index in [1.807, 2.05) is 20.8 Å². The van der Waals surface area contributed by atoms with Gasteiger partial charge in [-0.25, -0.2) is 4.98 Å². The molecule has 0 aliphatic heterocycles. The van der Waals surface area contributed by atoms with E-state index < -0.39 is 6.04 Å². The quantitative estimate of drug-likeness (QED) is 0.792. The van der Waals surface area contributed by atoms with Gasteiger partial charge < -0.3 is 10.6 Å². The first-order valence-corrected chi connectivity index (χ1v) is 9.62. The van der Waals surface area contributed by atoms with Crippen molar-refractivity contribution < 1.29 is 9.59 Å². The van der Waals surface area contributed by atoms with Crippen molar-refractivity contribution >= 4 is 34.5 Å². The maximum Gasteiger partial charge on any atom is 0.242 e. The largest absolute Gasteiger partial charge is 0.354 e. The molecule has 2 aromatic heterocycles. The number of rotatable bonds is 7. The molecule has 2 aromatic rings. The van der Waals surface area contributed by atoms with Gasteiger partial charge in [0, 0.05) is 23.7 Å². The molecular formula is C17H23N3O2S2. The number of carbonyl (C=O) groups excluding carboxylic acids is 2. The number of aromatic nitrogens is 1. The van der Waals surface area contributed by atoms with Crippen LogP contribution in [-0.2, 0) is 16.0 Å². The van der Waals surface area contributed by atoms with E-state index in [1.165, 1.54) is 11.8 Å². The van der Waals surface area contributed by atoms with Gasteiger partial charge in [-0.3, -0.25) is 9.59 Å². The number of thiophene rings is 1. The molecule has 0 aliphatic rings. The second kappa shape index (κ2) is 8.39. The monoisotopic (exact) mass is 365 g/mol. The minimum Gasteiger partial charge on any atom is -0.354 e. The molecule has 2 rings (SSSR count). The molecule has 0 spiro atoms. The van der Waals surface area contributed by atoms with Crippen LogP contribution in [-0.4, -0.2) is 29.4 Å². The summed E-state index contributed by atoms with van der Waals surface area (Å²) in [5, 5.41) is 8.73. The highest BCUT2D eigenvalue weighted by Gasteiger charge is 2.22. The Morgan fingerprint density at radius 1 is 1.29 bits per heavy atom. The highest BCUT2D eigenvalue weighted by Crippen LogP contribution is 2.29. The summed E-state index contributed by atoms with van der Waals surface area (Å²) in [5.41, 5.74) is 1.02. The van der Waals surface area contributed by atoms with E-state index in [9.17, 15) is 9.59 Å². The fourth-order valence-electron chi connectivity index (χ4n) is 2.30. The summed E-state index contributed by atoms with van der Waals surface area (Å²) in [7, 11) is 0. The van der Waals surface area contributed by atoms with Crippen LogP contribution in [0.5, 0.6) is 0 Å². The molecular weight excluding hydrogens is 342 g/mol. The number of hydrogen-bond acceptors (Lipinski definition) is 5. The summed E-state index contributed by atoms with van der Waals surface area (Å²) >= 11 is 3.34. The second-order valence-electron chi connectivity index (χ2n) is 5.98. The summed E-state index contributed by atoms with van der Waals surface area (Å²) in [6, 6.07) is 3.67. The van der Waals surface area contributed by atoms with E-state index >= 15 is 0 Å². The summed E-state index contributed by atoms with van der Waals surface area (Å²) in [4.78, 5) is 30.3. The molecule has 1 atom stereocenters. The van der Waals surface area contributed by atoms with Crippen LogP contribution in [0.2, 0.25) is 0 Å². The number of thiazole rings is 1. The van der Waals surface area contributed by atoms with Crippen LogP contribution in [0.3, 0.4) is 0 Å². The van der Waals surface area contributed by atoms with Crippen LogP contribution in [0.15, 0.2) is 17.5 Å². The van der Waals surface area contributed by atoms with Gasteiger partial charge in [-0.05, 0) is 31.4 Å². The Kier molecular flexibility index (Phi) is 6.51. The van der Waals surface area contributed by atoms with E-state index in [4.69, 9.17) is 0 Å². The molecule has 0 fully saturated rings. The SMILES string of the molecule is CC(=O)NC(C(=O)NCCc1ccc(-c2csc(C)n2)s1)C(C)C. The zero-order valence-corrected chi connectivity index (χ0v) is 16.0. The Bertz CT molecular complexity index is 706. The molecule has 5 nitrogen and oxygen atoms in total. The van der Waals surface area contributed by atoms with Crippen molar-refractivity contribution in [3.8, 4) is 10.6 Å². The Labute approximate surface area is 150 Å². The molecule has 1 unspecified atom stereocenters. The van der Waals surface area contributed by atoms with Crippen molar-refractivity contribution in [1.29, 1.82) is 0 Å². The Morgan fingerprint density at radius 2 is 2.04 bits per heavy atom. The number of carbonyl (C=O) groups is 2. The molecule has 0 aromatic carbocycles. The van der Waals surface area contributed by atoms with E-state index in [0.717, 1.165) is 22.0 Å². The molecule has 7 heteroatoms. The maximum atomic E-state index is 12.2. The van der Waals surface area contributed by atoms with Gasteiger partial charge in [0.15, 0.2) is 0 Å². The van der Waals surface area contributed by atoms with Crippen LogP contribution < -0.4 is 10.6 Å². The van der Waals surface area contributed by atoms with Gasteiger partial charge in [0.2, 0.25) is 11.8 Å². The van der Waals surface area contributed by atoms with Gasteiger partial charge in [0.05, 0.1) is 15.6 Å². The van der Waals surface area contributed by atoms with Crippen molar-refractivity contribution in [3.63, 3.8) is 0 Å². The van der Waals surface area contributed by atoms with Gasteiger partial charge in [0.1, 0.15) is 6.04 Å². The summed E-state index contributed by atoms with van der Waals surface area (Å²) in [6.07, 6.45) is 0.768. The van der Waals surface area contributed by atoms with Crippen LogP contribution in [0.1, 0.15) is 30.7 Å². The molecule has 2 N–H and O–H groups in total. The summed E-state index contributed by atoms with van der Waals surface area (Å²) in [6.45, 7) is 7.81.